The molecule has 19 heavy (non-hydrogen) atoms. The molecule has 3 heteroatoms. The van der Waals surface area contributed by atoms with Crippen molar-refractivity contribution in [1.82, 2.24) is 5.32 Å². The number of nitrogens with one attached hydrogen (secondary N) is 1. The van der Waals surface area contributed by atoms with Crippen LogP contribution in [-0.4, -0.2) is 19.1 Å². The first-order valence-corrected chi connectivity index (χ1v) is 6.64. The smallest absolute Gasteiger partial charge is 0.307 e. The maximum absolute atomic E-state index is 11.2. The zero-order valence-electron chi connectivity index (χ0n) is 11.2. The number of carbonyl (C=O) groups excluding carboxylic acids is 1. The number of hydrogen-bond donors (Lipinski definition) is 1. The molecule has 0 heterocycles. The quantitative estimate of drug-likeness (QED) is 0.639. The highest BCUT2D eigenvalue weighted by atomic mass is 16.5. The standard InChI is InChI=1S/C16H19NO2/c1-2-19-16(18)10-11-17-12-14-8-5-7-13-6-3-4-9-15(13)14/h3-9,17H,2,10-12H2,1H3. The van der Waals surface area contributed by atoms with Crippen LogP contribution in [-0.2, 0) is 16.1 Å². The van der Waals surface area contributed by atoms with Crippen LogP contribution < -0.4 is 5.32 Å². The van der Waals surface area contributed by atoms with Gasteiger partial charge in [-0.25, -0.2) is 0 Å². The van der Waals surface area contributed by atoms with Gasteiger partial charge >= 0.3 is 5.97 Å². The van der Waals surface area contributed by atoms with Gasteiger partial charge in [0.1, 0.15) is 0 Å². The summed E-state index contributed by atoms with van der Waals surface area (Å²) in [5, 5.41) is 5.78. The number of carbonyl (C=O) groups is 1. The largest absolute Gasteiger partial charge is 0.466 e. The summed E-state index contributed by atoms with van der Waals surface area (Å²) in [6.07, 6.45) is 0.415. The Morgan fingerprint density at radius 1 is 1.16 bits per heavy atom. The molecule has 2 aromatic rings. The predicted molar refractivity (Wildman–Crippen MR) is 76.9 cm³/mol. The third-order valence-electron chi connectivity index (χ3n) is 3.01. The SMILES string of the molecule is CCOC(=O)CCNCc1cccc2ccccc12. The summed E-state index contributed by atoms with van der Waals surface area (Å²) in [4.78, 5) is 11.2. The molecule has 0 saturated heterocycles. The van der Waals surface area contributed by atoms with Crippen molar-refractivity contribution in [3.63, 3.8) is 0 Å². The lowest BCUT2D eigenvalue weighted by Gasteiger charge is -2.08. The summed E-state index contributed by atoms with van der Waals surface area (Å²) in [5.74, 6) is -0.145. The van der Waals surface area contributed by atoms with Crippen LogP contribution in [0.2, 0.25) is 0 Å². The molecular formula is C16H19NO2. The Bertz CT molecular complexity index is 546. The second-order valence-corrected chi connectivity index (χ2v) is 4.37. The van der Waals surface area contributed by atoms with E-state index in [-0.39, 0.29) is 5.97 Å². The molecule has 0 amide bonds. The summed E-state index contributed by atoms with van der Waals surface area (Å²) >= 11 is 0. The van der Waals surface area contributed by atoms with Gasteiger partial charge in [0.05, 0.1) is 13.0 Å². The molecule has 0 fully saturated rings. The van der Waals surface area contributed by atoms with Gasteiger partial charge in [0.25, 0.3) is 0 Å². The molecule has 0 aliphatic rings. The lowest BCUT2D eigenvalue weighted by atomic mass is 10.0. The molecule has 2 rings (SSSR count). The van der Waals surface area contributed by atoms with Crippen molar-refractivity contribution >= 4 is 16.7 Å². The van der Waals surface area contributed by atoms with Gasteiger partial charge in [-0.15, -0.1) is 0 Å². The van der Waals surface area contributed by atoms with Crippen LogP contribution in [0.15, 0.2) is 42.5 Å². The van der Waals surface area contributed by atoms with Gasteiger partial charge in [-0.3, -0.25) is 4.79 Å². The summed E-state index contributed by atoms with van der Waals surface area (Å²) < 4.78 is 4.89. The van der Waals surface area contributed by atoms with Gasteiger partial charge in [-0.05, 0) is 23.3 Å². The molecule has 100 valence electrons. The molecule has 0 atom stereocenters. The van der Waals surface area contributed by atoms with Crippen LogP contribution in [0.1, 0.15) is 18.9 Å². The van der Waals surface area contributed by atoms with Crippen molar-refractivity contribution < 1.29 is 9.53 Å². The average molecular weight is 257 g/mol. The zero-order valence-corrected chi connectivity index (χ0v) is 11.2. The average Bonchev–Trinajstić information content (AvgIpc) is 2.44. The normalized spacial score (nSPS) is 10.6. The van der Waals surface area contributed by atoms with Gasteiger partial charge in [0.15, 0.2) is 0 Å². The van der Waals surface area contributed by atoms with Crippen molar-refractivity contribution in [2.75, 3.05) is 13.2 Å². The molecule has 0 unspecified atom stereocenters. The first-order chi connectivity index (χ1) is 9.31. The van der Waals surface area contributed by atoms with Gasteiger partial charge in [0.2, 0.25) is 0 Å². The number of esters is 1. The Morgan fingerprint density at radius 3 is 2.79 bits per heavy atom. The Labute approximate surface area is 113 Å². The lowest BCUT2D eigenvalue weighted by Crippen LogP contribution is -2.19. The summed E-state index contributed by atoms with van der Waals surface area (Å²) in [6.45, 7) is 3.67. The van der Waals surface area contributed by atoms with Gasteiger partial charge in [-0.1, -0.05) is 42.5 Å². The Kier molecular flexibility index (Phi) is 4.93. The van der Waals surface area contributed by atoms with Gasteiger partial charge < -0.3 is 10.1 Å². The summed E-state index contributed by atoms with van der Waals surface area (Å²) in [6, 6.07) is 14.6. The highest BCUT2D eigenvalue weighted by Crippen LogP contribution is 2.18. The van der Waals surface area contributed by atoms with E-state index < -0.39 is 0 Å². The van der Waals surface area contributed by atoms with E-state index >= 15 is 0 Å². The predicted octanol–water partition coefficient (Wildman–Crippen LogP) is 2.88. The second kappa shape index (κ2) is 6.90. The first-order valence-electron chi connectivity index (χ1n) is 6.64. The lowest BCUT2D eigenvalue weighted by molar-refractivity contribution is -0.142. The van der Waals surface area contributed by atoms with E-state index in [0.29, 0.717) is 19.6 Å². The third-order valence-corrected chi connectivity index (χ3v) is 3.01. The molecule has 0 bridgehead atoms. The number of fused-ring (bicyclic) bond motifs is 1. The Morgan fingerprint density at radius 2 is 1.95 bits per heavy atom. The first kappa shape index (κ1) is 13.6. The van der Waals surface area contributed by atoms with Crippen molar-refractivity contribution in [2.45, 2.75) is 19.9 Å². The molecule has 0 aromatic heterocycles. The minimum atomic E-state index is -0.145. The fourth-order valence-corrected chi connectivity index (χ4v) is 2.09. The monoisotopic (exact) mass is 257 g/mol. The minimum Gasteiger partial charge on any atom is -0.466 e. The summed E-state index contributed by atoms with van der Waals surface area (Å²) in [5.41, 5.74) is 1.25. The number of rotatable bonds is 6. The topological polar surface area (TPSA) is 38.3 Å². The van der Waals surface area contributed by atoms with Crippen LogP contribution >= 0.6 is 0 Å². The van der Waals surface area contributed by atoms with E-state index in [0.717, 1.165) is 6.54 Å². The molecule has 0 aliphatic heterocycles. The maximum Gasteiger partial charge on any atom is 0.307 e. The van der Waals surface area contributed by atoms with E-state index in [1.54, 1.807) is 0 Å². The Hall–Kier alpha value is -1.87. The van der Waals surface area contributed by atoms with Crippen LogP contribution in [0.5, 0.6) is 0 Å². The molecule has 2 aromatic carbocycles. The molecule has 0 aliphatic carbocycles. The van der Waals surface area contributed by atoms with Crippen molar-refractivity contribution in [3.8, 4) is 0 Å². The van der Waals surface area contributed by atoms with Crippen LogP contribution in [0.3, 0.4) is 0 Å². The van der Waals surface area contributed by atoms with E-state index in [9.17, 15) is 4.79 Å². The molecular weight excluding hydrogens is 238 g/mol. The van der Waals surface area contributed by atoms with Crippen molar-refractivity contribution in [1.29, 1.82) is 0 Å². The third kappa shape index (κ3) is 3.80. The van der Waals surface area contributed by atoms with Crippen molar-refractivity contribution in [2.24, 2.45) is 0 Å². The van der Waals surface area contributed by atoms with Crippen molar-refractivity contribution in [3.05, 3.63) is 48.0 Å². The van der Waals surface area contributed by atoms with Gasteiger partial charge in [0, 0.05) is 13.1 Å². The summed E-state index contributed by atoms with van der Waals surface area (Å²) in [7, 11) is 0. The van der Waals surface area contributed by atoms with E-state index in [2.05, 4.69) is 35.6 Å². The highest BCUT2D eigenvalue weighted by molar-refractivity contribution is 5.85. The fourth-order valence-electron chi connectivity index (χ4n) is 2.09. The molecule has 1 N–H and O–H groups in total. The van der Waals surface area contributed by atoms with E-state index in [4.69, 9.17) is 4.74 Å². The van der Waals surface area contributed by atoms with E-state index in [1.807, 2.05) is 19.1 Å². The molecule has 0 spiro atoms. The minimum absolute atomic E-state index is 0.145. The van der Waals surface area contributed by atoms with Crippen LogP contribution in [0.25, 0.3) is 10.8 Å². The fraction of sp³-hybridized carbons (Fsp3) is 0.312. The maximum atomic E-state index is 11.2. The molecule has 3 nitrogen and oxygen atoms in total. The second-order valence-electron chi connectivity index (χ2n) is 4.37. The number of hydrogen-bond acceptors (Lipinski definition) is 3. The molecule has 0 saturated carbocycles. The van der Waals surface area contributed by atoms with Crippen LogP contribution in [0, 0.1) is 0 Å². The van der Waals surface area contributed by atoms with Crippen LogP contribution in [0.4, 0.5) is 0 Å². The molecule has 0 radical (unpaired) electrons. The highest BCUT2D eigenvalue weighted by Gasteiger charge is 2.02. The van der Waals surface area contributed by atoms with E-state index in [1.165, 1.54) is 16.3 Å². The Balaban J connectivity index is 1.90. The zero-order chi connectivity index (χ0) is 13.5. The number of benzene rings is 2. The number of ether oxygens (including phenoxy) is 1. The van der Waals surface area contributed by atoms with Gasteiger partial charge in [-0.2, -0.15) is 0 Å².